The van der Waals surface area contributed by atoms with Crippen LogP contribution in [0.4, 0.5) is 5.13 Å². The van der Waals surface area contributed by atoms with Gasteiger partial charge in [-0.3, -0.25) is 10.1 Å². The molecule has 2 aromatic carbocycles. The second-order valence-corrected chi connectivity index (χ2v) is 6.72. The summed E-state index contributed by atoms with van der Waals surface area (Å²) < 4.78 is 6.13. The maximum Gasteiger partial charge on any atom is 0.258 e. The van der Waals surface area contributed by atoms with Crippen LogP contribution in [0, 0.1) is 3.57 Å². The third-order valence-corrected chi connectivity index (χ3v) is 4.91. The summed E-state index contributed by atoms with van der Waals surface area (Å²) >= 11 is 3.55. The van der Waals surface area contributed by atoms with Crippen LogP contribution in [0.2, 0.25) is 0 Å². The van der Waals surface area contributed by atoms with Crippen LogP contribution in [-0.4, -0.2) is 18.0 Å². The first-order valence-corrected chi connectivity index (χ1v) is 8.79. The van der Waals surface area contributed by atoms with E-state index in [4.69, 9.17) is 4.74 Å². The lowest BCUT2D eigenvalue weighted by Gasteiger charge is -2.04. The number of hydrogen-bond acceptors (Lipinski definition) is 4. The SMILES string of the molecule is COc1cccc(-c2csc(NC(=O)c3ccccc3I)n2)c1. The minimum Gasteiger partial charge on any atom is -0.497 e. The number of nitrogens with zero attached hydrogens (tertiary/aromatic N) is 1. The molecule has 116 valence electrons. The van der Waals surface area contributed by atoms with Gasteiger partial charge in [0.1, 0.15) is 5.75 Å². The number of nitrogens with one attached hydrogen (secondary N) is 1. The number of carbonyl (C=O) groups excluding carboxylic acids is 1. The van der Waals surface area contributed by atoms with Crippen LogP contribution >= 0.6 is 33.9 Å². The highest BCUT2D eigenvalue weighted by Gasteiger charge is 2.12. The molecule has 0 radical (unpaired) electrons. The smallest absolute Gasteiger partial charge is 0.258 e. The van der Waals surface area contributed by atoms with E-state index in [1.165, 1.54) is 11.3 Å². The Bertz CT molecular complexity index is 848. The minimum absolute atomic E-state index is 0.151. The molecule has 1 heterocycles. The number of amides is 1. The number of methoxy groups -OCH3 is 1. The number of carbonyl (C=O) groups is 1. The zero-order valence-electron chi connectivity index (χ0n) is 12.2. The largest absolute Gasteiger partial charge is 0.497 e. The van der Waals surface area contributed by atoms with Gasteiger partial charge in [0.2, 0.25) is 0 Å². The van der Waals surface area contributed by atoms with E-state index in [-0.39, 0.29) is 5.91 Å². The molecule has 0 bridgehead atoms. The molecule has 0 aliphatic heterocycles. The van der Waals surface area contributed by atoms with Crippen LogP contribution in [-0.2, 0) is 0 Å². The first-order valence-electron chi connectivity index (χ1n) is 6.83. The van der Waals surface area contributed by atoms with E-state index >= 15 is 0 Å². The van der Waals surface area contributed by atoms with Gasteiger partial charge in [-0.25, -0.2) is 4.98 Å². The van der Waals surface area contributed by atoms with Gasteiger partial charge in [0, 0.05) is 14.5 Å². The summed E-state index contributed by atoms with van der Waals surface area (Å²) in [5, 5.41) is 5.34. The van der Waals surface area contributed by atoms with Crippen LogP contribution in [0.1, 0.15) is 10.4 Å². The van der Waals surface area contributed by atoms with E-state index in [2.05, 4.69) is 32.9 Å². The molecular formula is C17H13IN2O2S. The Kier molecular flexibility index (Phi) is 4.92. The fourth-order valence-corrected chi connectivity index (χ4v) is 3.40. The number of anilines is 1. The van der Waals surface area contributed by atoms with Crippen molar-refractivity contribution in [3.63, 3.8) is 0 Å². The number of rotatable bonds is 4. The van der Waals surface area contributed by atoms with Crippen molar-refractivity contribution >= 4 is 45.0 Å². The van der Waals surface area contributed by atoms with Gasteiger partial charge in [-0.05, 0) is 46.9 Å². The lowest BCUT2D eigenvalue weighted by atomic mass is 10.2. The fourth-order valence-electron chi connectivity index (χ4n) is 2.06. The number of benzene rings is 2. The summed E-state index contributed by atoms with van der Waals surface area (Å²) in [6, 6.07) is 15.1. The predicted molar refractivity (Wildman–Crippen MR) is 101 cm³/mol. The normalized spacial score (nSPS) is 10.3. The lowest BCUT2D eigenvalue weighted by molar-refractivity contribution is 0.102. The Labute approximate surface area is 151 Å². The van der Waals surface area contributed by atoms with Gasteiger partial charge < -0.3 is 4.74 Å². The van der Waals surface area contributed by atoms with Gasteiger partial charge in [-0.1, -0.05) is 24.3 Å². The fraction of sp³-hybridized carbons (Fsp3) is 0.0588. The highest BCUT2D eigenvalue weighted by atomic mass is 127. The number of ether oxygens (including phenoxy) is 1. The molecule has 6 heteroatoms. The van der Waals surface area contributed by atoms with Gasteiger partial charge in [-0.2, -0.15) is 0 Å². The number of hydrogen-bond donors (Lipinski definition) is 1. The highest BCUT2D eigenvalue weighted by Crippen LogP contribution is 2.27. The van der Waals surface area contributed by atoms with Crippen LogP contribution in [0.3, 0.4) is 0 Å². The first-order chi connectivity index (χ1) is 11.2. The molecule has 0 aliphatic carbocycles. The summed E-state index contributed by atoms with van der Waals surface area (Å²) in [6.07, 6.45) is 0. The second kappa shape index (κ2) is 7.10. The van der Waals surface area contributed by atoms with Crippen LogP contribution < -0.4 is 10.1 Å². The van der Waals surface area contributed by atoms with Crippen molar-refractivity contribution < 1.29 is 9.53 Å². The Morgan fingerprint density at radius 3 is 2.83 bits per heavy atom. The Morgan fingerprint density at radius 2 is 2.04 bits per heavy atom. The molecule has 0 aliphatic rings. The average Bonchev–Trinajstić information content (AvgIpc) is 3.03. The third kappa shape index (κ3) is 3.70. The van der Waals surface area contributed by atoms with Gasteiger partial charge in [0.05, 0.1) is 18.4 Å². The quantitative estimate of drug-likeness (QED) is 0.605. The molecule has 3 rings (SSSR count). The van der Waals surface area contributed by atoms with E-state index in [1.807, 2.05) is 47.8 Å². The first kappa shape index (κ1) is 15.9. The molecule has 1 N–H and O–H groups in total. The summed E-state index contributed by atoms with van der Waals surface area (Å²) in [6.45, 7) is 0. The molecule has 0 saturated heterocycles. The molecule has 0 spiro atoms. The van der Waals surface area contributed by atoms with Gasteiger partial charge in [-0.15, -0.1) is 11.3 Å². The van der Waals surface area contributed by atoms with E-state index < -0.39 is 0 Å². The summed E-state index contributed by atoms with van der Waals surface area (Å²) in [7, 11) is 1.63. The van der Waals surface area contributed by atoms with Crippen molar-refractivity contribution in [2.75, 3.05) is 12.4 Å². The molecule has 0 unspecified atom stereocenters. The minimum atomic E-state index is -0.151. The van der Waals surface area contributed by atoms with Crippen molar-refractivity contribution in [2.24, 2.45) is 0 Å². The molecule has 0 atom stereocenters. The zero-order valence-corrected chi connectivity index (χ0v) is 15.2. The highest BCUT2D eigenvalue weighted by molar-refractivity contribution is 14.1. The third-order valence-electron chi connectivity index (χ3n) is 3.21. The molecule has 1 amide bonds. The molecular weight excluding hydrogens is 423 g/mol. The summed E-state index contributed by atoms with van der Waals surface area (Å²) in [5.41, 5.74) is 2.41. The Balaban J connectivity index is 1.79. The lowest BCUT2D eigenvalue weighted by Crippen LogP contribution is -2.13. The molecule has 0 fully saturated rings. The average molecular weight is 436 g/mol. The van der Waals surface area contributed by atoms with Gasteiger partial charge in [0.15, 0.2) is 5.13 Å². The van der Waals surface area contributed by atoms with Crippen molar-refractivity contribution in [1.29, 1.82) is 0 Å². The maximum atomic E-state index is 12.3. The predicted octanol–water partition coefficient (Wildman–Crippen LogP) is 4.68. The standard InChI is InChI=1S/C17H13IN2O2S/c1-22-12-6-4-5-11(9-12)15-10-23-17(19-15)20-16(21)13-7-2-3-8-14(13)18/h2-10H,1H3,(H,19,20,21). The van der Waals surface area contributed by atoms with Crippen molar-refractivity contribution in [3.8, 4) is 17.0 Å². The van der Waals surface area contributed by atoms with Crippen molar-refractivity contribution in [2.45, 2.75) is 0 Å². The number of aromatic nitrogens is 1. The van der Waals surface area contributed by atoms with Crippen LogP contribution in [0.25, 0.3) is 11.3 Å². The molecule has 23 heavy (non-hydrogen) atoms. The molecule has 3 aromatic rings. The second-order valence-electron chi connectivity index (χ2n) is 4.70. The molecule has 0 saturated carbocycles. The van der Waals surface area contributed by atoms with Crippen LogP contribution in [0.15, 0.2) is 53.9 Å². The van der Waals surface area contributed by atoms with Crippen molar-refractivity contribution in [3.05, 3.63) is 63.0 Å². The Hall–Kier alpha value is -1.93. The summed E-state index contributed by atoms with van der Waals surface area (Å²) in [5.74, 6) is 0.626. The monoisotopic (exact) mass is 436 g/mol. The Morgan fingerprint density at radius 1 is 1.22 bits per heavy atom. The van der Waals surface area contributed by atoms with Crippen molar-refractivity contribution in [1.82, 2.24) is 4.98 Å². The molecule has 1 aromatic heterocycles. The van der Waals surface area contributed by atoms with Gasteiger partial charge in [0.25, 0.3) is 5.91 Å². The van der Waals surface area contributed by atoms with E-state index in [0.717, 1.165) is 20.6 Å². The van der Waals surface area contributed by atoms with E-state index in [9.17, 15) is 4.79 Å². The zero-order chi connectivity index (χ0) is 16.2. The maximum absolute atomic E-state index is 12.3. The van der Waals surface area contributed by atoms with Crippen LogP contribution in [0.5, 0.6) is 5.75 Å². The van der Waals surface area contributed by atoms with E-state index in [1.54, 1.807) is 13.2 Å². The number of thiazole rings is 1. The topological polar surface area (TPSA) is 51.2 Å². The van der Waals surface area contributed by atoms with Gasteiger partial charge >= 0.3 is 0 Å². The van der Waals surface area contributed by atoms with E-state index in [0.29, 0.717) is 10.7 Å². The number of halogens is 1. The molecule has 4 nitrogen and oxygen atoms in total. The summed E-state index contributed by atoms with van der Waals surface area (Å²) in [4.78, 5) is 16.8.